The molecule has 0 atom stereocenters. The summed E-state index contributed by atoms with van der Waals surface area (Å²) in [5, 5.41) is 11.3. The Bertz CT molecular complexity index is 434. The molecule has 0 heterocycles. The Morgan fingerprint density at radius 3 is 2.78 bits per heavy atom. The molecular formula is C12H16N2O4. The largest absolute Gasteiger partial charge is 0.427 e. The van der Waals surface area contributed by atoms with Crippen LogP contribution in [0.15, 0.2) is 24.3 Å². The predicted octanol–water partition coefficient (Wildman–Crippen LogP) is 1.07. The van der Waals surface area contributed by atoms with Crippen molar-refractivity contribution in [3.8, 4) is 5.75 Å². The fourth-order valence-electron chi connectivity index (χ4n) is 1.27. The van der Waals surface area contributed by atoms with Crippen molar-refractivity contribution in [1.82, 2.24) is 4.90 Å². The number of nitrogens with zero attached hydrogens (tertiary/aromatic N) is 1. The molecule has 6 nitrogen and oxygen atoms in total. The van der Waals surface area contributed by atoms with E-state index in [0.717, 1.165) is 0 Å². The van der Waals surface area contributed by atoms with Crippen molar-refractivity contribution in [2.24, 2.45) is 0 Å². The van der Waals surface area contributed by atoms with Gasteiger partial charge < -0.3 is 20.1 Å². The third kappa shape index (κ3) is 4.42. The predicted molar refractivity (Wildman–Crippen MR) is 66.5 cm³/mol. The highest BCUT2D eigenvalue weighted by atomic mass is 16.5. The number of amides is 2. The fraction of sp³-hybridized carbons (Fsp3) is 0.333. The Morgan fingerprint density at radius 2 is 2.17 bits per heavy atom. The first-order valence-corrected chi connectivity index (χ1v) is 5.44. The molecule has 98 valence electrons. The fourth-order valence-corrected chi connectivity index (χ4v) is 1.27. The molecule has 2 N–H and O–H groups in total. The van der Waals surface area contributed by atoms with Gasteiger partial charge in [0.15, 0.2) is 0 Å². The van der Waals surface area contributed by atoms with Crippen molar-refractivity contribution in [1.29, 1.82) is 0 Å². The van der Waals surface area contributed by atoms with E-state index in [1.807, 2.05) is 0 Å². The summed E-state index contributed by atoms with van der Waals surface area (Å²) in [6, 6.07) is 6.17. The van der Waals surface area contributed by atoms with Crippen molar-refractivity contribution < 1.29 is 19.4 Å². The van der Waals surface area contributed by atoms with Crippen LogP contribution in [0.25, 0.3) is 0 Å². The zero-order valence-electron chi connectivity index (χ0n) is 10.3. The van der Waals surface area contributed by atoms with E-state index in [1.165, 1.54) is 11.8 Å². The number of hydrogen-bond acceptors (Lipinski definition) is 4. The van der Waals surface area contributed by atoms with Crippen molar-refractivity contribution in [2.75, 3.05) is 25.5 Å². The van der Waals surface area contributed by atoms with E-state index in [4.69, 9.17) is 9.84 Å². The molecule has 6 heteroatoms. The molecule has 0 unspecified atom stereocenters. The first kappa shape index (κ1) is 14.0. The van der Waals surface area contributed by atoms with Gasteiger partial charge >= 0.3 is 12.0 Å². The van der Waals surface area contributed by atoms with Gasteiger partial charge in [-0.1, -0.05) is 6.07 Å². The van der Waals surface area contributed by atoms with Crippen LogP contribution in [-0.4, -0.2) is 42.2 Å². The molecule has 0 radical (unpaired) electrons. The van der Waals surface area contributed by atoms with Gasteiger partial charge in [0.25, 0.3) is 0 Å². The topological polar surface area (TPSA) is 78.9 Å². The molecule has 2 amide bonds. The third-order valence-electron chi connectivity index (χ3n) is 2.13. The number of urea groups is 1. The summed E-state index contributed by atoms with van der Waals surface area (Å²) < 4.78 is 4.90. The molecule has 1 aromatic rings. The van der Waals surface area contributed by atoms with Crippen LogP contribution in [0.2, 0.25) is 0 Å². The number of benzene rings is 1. The number of aliphatic hydroxyl groups is 1. The Kier molecular flexibility index (Phi) is 5.13. The van der Waals surface area contributed by atoms with E-state index in [9.17, 15) is 9.59 Å². The number of anilines is 1. The second-order valence-electron chi connectivity index (χ2n) is 3.70. The van der Waals surface area contributed by atoms with Gasteiger partial charge in [0, 0.05) is 32.3 Å². The van der Waals surface area contributed by atoms with Crippen molar-refractivity contribution in [3.05, 3.63) is 24.3 Å². The number of esters is 1. The standard InChI is InChI=1S/C12H16N2O4/c1-9(16)18-11-5-3-4-10(8-11)13-12(17)14(2)6-7-15/h3-5,8,15H,6-7H2,1-2H3,(H,13,17). The van der Waals surface area contributed by atoms with E-state index in [2.05, 4.69) is 5.32 Å². The minimum atomic E-state index is -0.420. The summed E-state index contributed by atoms with van der Waals surface area (Å²) in [6.45, 7) is 1.45. The lowest BCUT2D eigenvalue weighted by Crippen LogP contribution is -2.33. The van der Waals surface area contributed by atoms with Crippen molar-refractivity contribution in [3.63, 3.8) is 0 Å². The number of nitrogens with one attached hydrogen (secondary N) is 1. The zero-order chi connectivity index (χ0) is 13.5. The summed E-state index contributed by atoms with van der Waals surface area (Å²) in [7, 11) is 1.57. The molecule has 0 fully saturated rings. The lowest BCUT2D eigenvalue weighted by molar-refractivity contribution is -0.131. The first-order valence-electron chi connectivity index (χ1n) is 5.44. The number of rotatable bonds is 4. The Morgan fingerprint density at radius 1 is 1.44 bits per heavy atom. The van der Waals surface area contributed by atoms with Gasteiger partial charge in [0.05, 0.1) is 6.61 Å². The molecule has 1 rings (SSSR count). The number of carbonyl (C=O) groups is 2. The highest BCUT2D eigenvalue weighted by Gasteiger charge is 2.08. The molecule has 0 spiro atoms. The average Bonchev–Trinajstić information content (AvgIpc) is 2.28. The maximum Gasteiger partial charge on any atom is 0.321 e. The lowest BCUT2D eigenvalue weighted by Gasteiger charge is -2.16. The Hall–Kier alpha value is -2.08. The van der Waals surface area contributed by atoms with Crippen LogP contribution in [-0.2, 0) is 4.79 Å². The van der Waals surface area contributed by atoms with E-state index < -0.39 is 5.97 Å². The normalized spacial score (nSPS) is 9.72. The van der Waals surface area contributed by atoms with Crippen LogP contribution in [0, 0.1) is 0 Å². The summed E-state index contributed by atoms with van der Waals surface area (Å²) in [6.07, 6.45) is 0. The van der Waals surface area contributed by atoms with Gasteiger partial charge in [-0.05, 0) is 12.1 Å². The van der Waals surface area contributed by atoms with Gasteiger partial charge in [-0.25, -0.2) is 4.79 Å². The number of hydrogen-bond donors (Lipinski definition) is 2. The van der Waals surface area contributed by atoms with Gasteiger partial charge in [-0.3, -0.25) is 4.79 Å². The molecule has 18 heavy (non-hydrogen) atoms. The SMILES string of the molecule is CC(=O)Oc1cccc(NC(=O)N(C)CCO)c1. The maximum atomic E-state index is 11.6. The molecule has 1 aromatic carbocycles. The second kappa shape index (κ2) is 6.61. The van der Waals surface area contributed by atoms with Gasteiger partial charge in [-0.2, -0.15) is 0 Å². The molecule has 0 saturated heterocycles. The van der Waals surface area contributed by atoms with Crippen LogP contribution in [0.1, 0.15) is 6.92 Å². The number of ether oxygens (including phenoxy) is 1. The highest BCUT2D eigenvalue weighted by molar-refractivity contribution is 5.89. The van der Waals surface area contributed by atoms with Crippen molar-refractivity contribution in [2.45, 2.75) is 6.92 Å². The minimum absolute atomic E-state index is 0.0998. The highest BCUT2D eigenvalue weighted by Crippen LogP contribution is 2.17. The quantitative estimate of drug-likeness (QED) is 0.620. The molecule has 0 saturated carbocycles. The smallest absolute Gasteiger partial charge is 0.321 e. The summed E-state index contributed by atoms with van der Waals surface area (Å²) >= 11 is 0. The van der Waals surface area contributed by atoms with Crippen LogP contribution in [0.3, 0.4) is 0 Å². The van der Waals surface area contributed by atoms with Gasteiger partial charge in [0.2, 0.25) is 0 Å². The van der Waals surface area contributed by atoms with Crippen LogP contribution in [0.4, 0.5) is 10.5 Å². The van der Waals surface area contributed by atoms with Crippen LogP contribution in [0.5, 0.6) is 5.75 Å². The number of aliphatic hydroxyl groups excluding tert-OH is 1. The maximum absolute atomic E-state index is 11.6. The second-order valence-corrected chi connectivity index (χ2v) is 3.70. The zero-order valence-corrected chi connectivity index (χ0v) is 10.3. The van der Waals surface area contributed by atoms with Crippen LogP contribution >= 0.6 is 0 Å². The van der Waals surface area contributed by atoms with E-state index in [-0.39, 0.29) is 19.2 Å². The molecule has 0 aliphatic rings. The monoisotopic (exact) mass is 252 g/mol. The van der Waals surface area contributed by atoms with E-state index in [1.54, 1.807) is 31.3 Å². The molecular weight excluding hydrogens is 236 g/mol. The molecule has 0 aliphatic heterocycles. The Balaban J connectivity index is 2.67. The lowest BCUT2D eigenvalue weighted by atomic mass is 10.3. The summed E-state index contributed by atoms with van der Waals surface area (Å²) in [5.74, 6) is -0.0546. The number of carbonyl (C=O) groups excluding carboxylic acids is 2. The van der Waals surface area contributed by atoms with Gasteiger partial charge in [0.1, 0.15) is 5.75 Å². The third-order valence-corrected chi connectivity index (χ3v) is 2.13. The summed E-state index contributed by atoms with van der Waals surface area (Å²) in [4.78, 5) is 23.8. The van der Waals surface area contributed by atoms with Crippen molar-refractivity contribution >= 4 is 17.7 Å². The van der Waals surface area contributed by atoms with E-state index >= 15 is 0 Å². The first-order chi connectivity index (χ1) is 8.52. The molecule has 0 aromatic heterocycles. The van der Waals surface area contributed by atoms with E-state index in [0.29, 0.717) is 11.4 Å². The molecule has 0 bridgehead atoms. The van der Waals surface area contributed by atoms with Gasteiger partial charge in [-0.15, -0.1) is 0 Å². The van der Waals surface area contributed by atoms with Crippen LogP contribution < -0.4 is 10.1 Å². The average molecular weight is 252 g/mol. The molecule has 0 aliphatic carbocycles. The Labute approximate surface area is 105 Å². The summed E-state index contributed by atoms with van der Waals surface area (Å²) in [5.41, 5.74) is 0.517. The minimum Gasteiger partial charge on any atom is -0.427 e. The number of likely N-dealkylation sites (N-methyl/N-ethyl adjacent to an activating group) is 1.